The van der Waals surface area contributed by atoms with Crippen LogP contribution in [0, 0.1) is 0 Å². The number of rotatable bonds is 3. The molecule has 8 heteroatoms. The van der Waals surface area contributed by atoms with Gasteiger partial charge in [0.15, 0.2) is 5.13 Å². The van der Waals surface area contributed by atoms with Crippen molar-refractivity contribution in [2.45, 2.75) is 31.1 Å². The number of nitrogens with zero attached hydrogens (tertiary/aromatic N) is 1. The number of hydrogen-bond acceptors (Lipinski definition) is 5. The zero-order valence-corrected chi connectivity index (χ0v) is 15.1. The highest BCUT2D eigenvalue weighted by molar-refractivity contribution is 9.10. The second kappa shape index (κ2) is 5.58. The third-order valence-corrected chi connectivity index (χ3v) is 5.72. The van der Waals surface area contributed by atoms with E-state index in [-0.39, 0.29) is 10.3 Å². The number of sulfonamides is 1. The highest BCUT2D eigenvalue weighted by Crippen LogP contribution is 2.29. The summed E-state index contributed by atoms with van der Waals surface area (Å²) in [5, 5.41) is 2.20. The van der Waals surface area contributed by atoms with Crippen molar-refractivity contribution in [3.63, 3.8) is 0 Å². The Morgan fingerprint density at radius 1 is 1.33 bits per heavy atom. The summed E-state index contributed by atoms with van der Waals surface area (Å²) in [4.78, 5) is 4.43. The van der Waals surface area contributed by atoms with Gasteiger partial charge in [-0.2, -0.15) is 0 Å². The van der Waals surface area contributed by atoms with E-state index in [0.717, 1.165) is 5.69 Å². The van der Waals surface area contributed by atoms with Gasteiger partial charge in [-0.15, -0.1) is 11.3 Å². The number of nitrogen functional groups attached to an aromatic ring is 1. The first-order valence-electron chi connectivity index (χ1n) is 6.13. The Bertz CT molecular complexity index is 764. The summed E-state index contributed by atoms with van der Waals surface area (Å²) in [6, 6.07) is 4.50. The monoisotopic (exact) mass is 389 g/mol. The molecule has 114 valence electrons. The standard InChI is InChI=1S/C13H16BrN3O2S2/c1-13(2,3)11-7-20-12(16-11)17-21(18,19)8-4-5-9(14)10(15)6-8/h4-7H,15H2,1-3H3,(H,16,17). The van der Waals surface area contributed by atoms with Gasteiger partial charge in [-0.1, -0.05) is 20.8 Å². The van der Waals surface area contributed by atoms with E-state index in [4.69, 9.17) is 5.73 Å². The topological polar surface area (TPSA) is 85.1 Å². The molecular formula is C13H16BrN3O2S2. The smallest absolute Gasteiger partial charge is 0.263 e. The largest absolute Gasteiger partial charge is 0.398 e. The number of halogens is 1. The van der Waals surface area contributed by atoms with Crippen LogP contribution < -0.4 is 10.5 Å². The summed E-state index contributed by atoms with van der Waals surface area (Å²) < 4.78 is 27.8. The molecule has 1 aromatic heterocycles. The molecule has 5 nitrogen and oxygen atoms in total. The maximum atomic E-state index is 12.3. The number of benzene rings is 1. The van der Waals surface area contributed by atoms with E-state index in [0.29, 0.717) is 15.3 Å². The fraction of sp³-hybridized carbons (Fsp3) is 0.308. The van der Waals surface area contributed by atoms with Crippen molar-refractivity contribution in [2.24, 2.45) is 0 Å². The Morgan fingerprint density at radius 2 is 2.00 bits per heavy atom. The third kappa shape index (κ3) is 3.75. The average molecular weight is 390 g/mol. The summed E-state index contributed by atoms with van der Waals surface area (Å²) >= 11 is 4.50. The molecule has 1 heterocycles. The molecule has 1 aromatic carbocycles. The van der Waals surface area contributed by atoms with Crippen molar-refractivity contribution in [1.29, 1.82) is 0 Å². The van der Waals surface area contributed by atoms with Gasteiger partial charge in [0, 0.05) is 21.0 Å². The molecule has 2 rings (SSSR count). The van der Waals surface area contributed by atoms with Crippen LogP contribution in [0.15, 0.2) is 32.9 Å². The molecule has 3 N–H and O–H groups in total. The van der Waals surface area contributed by atoms with Crippen molar-refractivity contribution < 1.29 is 8.42 Å². The van der Waals surface area contributed by atoms with Crippen molar-refractivity contribution in [3.8, 4) is 0 Å². The molecule has 0 saturated carbocycles. The lowest BCUT2D eigenvalue weighted by atomic mass is 9.93. The minimum atomic E-state index is -3.69. The summed E-state index contributed by atoms with van der Waals surface area (Å²) in [7, 11) is -3.69. The second-order valence-electron chi connectivity index (χ2n) is 5.58. The fourth-order valence-electron chi connectivity index (χ4n) is 1.53. The summed E-state index contributed by atoms with van der Waals surface area (Å²) in [6.45, 7) is 6.07. The highest BCUT2D eigenvalue weighted by atomic mass is 79.9. The minimum Gasteiger partial charge on any atom is -0.398 e. The minimum absolute atomic E-state index is 0.107. The molecule has 0 saturated heterocycles. The normalized spacial score (nSPS) is 12.4. The lowest BCUT2D eigenvalue weighted by Crippen LogP contribution is -2.15. The number of aromatic nitrogens is 1. The van der Waals surface area contributed by atoms with Gasteiger partial charge in [0.1, 0.15) is 0 Å². The number of nitrogens with one attached hydrogen (secondary N) is 1. The van der Waals surface area contributed by atoms with Crippen molar-refractivity contribution >= 4 is 48.1 Å². The van der Waals surface area contributed by atoms with Gasteiger partial charge in [-0.25, -0.2) is 13.4 Å². The van der Waals surface area contributed by atoms with Gasteiger partial charge < -0.3 is 5.73 Å². The van der Waals surface area contributed by atoms with E-state index < -0.39 is 10.0 Å². The Labute approximate surface area is 136 Å². The van der Waals surface area contributed by atoms with Crippen LogP contribution in [0.3, 0.4) is 0 Å². The summed E-state index contributed by atoms with van der Waals surface area (Å²) in [5.74, 6) is 0. The first kappa shape index (κ1) is 16.3. The molecule has 0 aliphatic heterocycles. The Hall–Kier alpha value is -1.12. The van der Waals surface area contributed by atoms with E-state index in [1.165, 1.54) is 23.5 Å². The first-order valence-corrected chi connectivity index (χ1v) is 9.29. The number of anilines is 2. The highest BCUT2D eigenvalue weighted by Gasteiger charge is 2.21. The van der Waals surface area contributed by atoms with E-state index in [9.17, 15) is 8.42 Å². The van der Waals surface area contributed by atoms with Crippen LogP contribution in [0.1, 0.15) is 26.5 Å². The van der Waals surface area contributed by atoms with Crippen molar-refractivity contribution in [2.75, 3.05) is 10.5 Å². The molecule has 0 radical (unpaired) electrons. The molecule has 0 aliphatic rings. The van der Waals surface area contributed by atoms with Gasteiger partial charge in [0.05, 0.1) is 10.6 Å². The lowest BCUT2D eigenvalue weighted by molar-refractivity contribution is 0.573. The predicted octanol–water partition coefficient (Wildman–Crippen LogP) is 3.59. The van der Waals surface area contributed by atoms with Crippen LogP contribution in [-0.4, -0.2) is 13.4 Å². The summed E-state index contributed by atoms with van der Waals surface area (Å²) in [6.07, 6.45) is 0. The van der Waals surface area contributed by atoms with E-state index in [1.807, 2.05) is 26.2 Å². The zero-order valence-electron chi connectivity index (χ0n) is 11.8. The maximum Gasteiger partial charge on any atom is 0.263 e. The lowest BCUT2D eigenvalue weighted by Gasteiger charge is -2.14. The maximum absolute atomic E-state index is 12.3. The molecule has 2 aromatic rings. The quantitative estimate of drug-likeness (QED) is 0.785. The predicted molar refractivity (Wildman–Crippen MR) is 90.2 cm³/mol. The van der Waals surface area contributed by atoms with Crippen LogP contribution in [0.2, 0.25) is 0 Å². The molecular weight excluding hydrogens is 374 g/mol. The van der Waals surface area contributed by atoms with Gasteiger partial charge in [-0.05, 0) is 34.1 Å². The molecule has 0 atom stereocenters. The SMILES string of the molecule is CC(C)(C)c1csc(NS(=O)(=O)c2ccc(Br)c(N)c2)n1. The van der Waals surface area contributed by atoms with Gasteiger partial charge in [-0.3, -0.25) is 4.72 Å². The van der Waals surface area contributed by atoms with Gasteiger partial charge in [0.25, 0.3) is 10.0 Å². The number of nitrogens with two attached hydrogens (primary N) is 1. The van der Waals surface area contributed by atoms with Crippen LogP contribution in [0.4, 0.5) is 10.8 Å². The zero-order chi connectivity index (χ0) is 15.8. The van der Waals surface area contributed by atoms with Gasteiger partial charge in [0.2, 0.25) is 0 Å². The van der Waals surface area contributed by atoms with Gasteiger partial charge >= 0.3 is 0 Å². The van der Waals surface area contributed by atoms with E-state index >= 15 is 0 Å². The molecule has 0 amide bonds. The number of hydrogen-bond donors (Lipinski definition) is 2. The summed E-state index contributed by atoms with van der Waals surface area (Å²) in [5.41, 5.74) is 6.81. The van der Waals surface area contributed by atoms with Crippen molar-refractivity contribution in [3.05, 3.63) is 33.7 Å². The molecule has 0 fully saturated rings. The van der Waals surface area contributed by atoms with Crippen LogP contribution >= 0.6 is 27.3 Å². The van der Waals surface area contributed by atoms with Crippen LogP contribution in [-0.2, 0) is 15.4 Å². The first-order chi connectivity index (χ1) is 9.59. The van der Waals surface area contributed by atoms with Crippen molar-refractivity contribution in [1.82, 2.24) is 4.98 Å². The number of thiazole rings is 1. The molecule has 21 heavy (non-hydrogen) atoms. The third-order valence-electron chi connectivity index (χ3n) is 2.77. The Kier molecular flexibility index (Phi) is 4.32. The van der Waals surface area contributed by atoms with E-state index in [1.54, 1.807) is 6.07 Å². The van der Waals surface area contributed by atoms with E-state index in [2.05, 4.69) is 25.6 Å². The molecule has 0 spiro atoms. The molecule has 0 unspecified atom stereocenters. The second-order valence-corrected chi connectivity index (χ2v) is 8.97. The van der Waals surface area contributed by atoms with Crippen LogP contribution in [0.5, 0.6) is 0 Å². The molecule has 0 aliphatic carbocycles. The average Bonchev–Trinajstić information content (AvgIpc) is 2.80. The molecule has 0 bridgehead atoms. The fourth-order valence-corrected chi connectivity index (χ4v) is 4.00. The van der Waals surface area contributed by atoms with Crippen LogP contribution in [0.25, 0.3) is 0 Å². The Morgan fingerprint density at radius 3 is 2.52 bits per heavy atom. The Balaban J connectivity index is 2.29.